The molecule has 1 heterocycles. The first kappa shape index (κ1) is 25.0. The van der Waals surface area contributed by atoms with Crippen molar-refractivity contribution in [2.45, 2.75) is 71.6 Å². The zero-order valence-electron chi connectivity index (χ0n) is 22.7. The standard InChI is InChI=1S/C34H41N/c1-24-14-9-10-17-29(24)33(4,5)25(2)20-21-27-15-13-16-28(26(27)3)22-23-32-34(6,7)30-18-11-12-19-31(30)35(32)8/h9-12,14,17-23H,2,13,15-16H2,1,3-8H3/b21-20+,28-22+,32-23+. The van der Waals surface area contributed by atoms with E-state index < -0.39 is 0 Å². The molecule has 2 aliphatic rings. The molecule has 0 bridgehead atoms. The van der Waals surface area contributed by atoms with E-state index in [1.165, 1.54) is 51.2 Å². The van der Waals surface area contributed by atoms with Gasteiger partial charge in [0.1, 0.15) is 0 Å². The molecule has 2 aromatic rings. The molecule has 0 atom stereocenters. The Morgan fingerprint density at radius 2 is 1.66 bits per heavy atom. The minimum absolute atomic E-state index is 0.0102. The monoisotopic (exact) mass is 463 g/mol. The Kier molecular flexibility index (Phi) is 6.82. The van der Waals surface area contributed by atoms with Crippen molar-refractivity contribution in [3.8, 4) is 0 Å². The van der Waals surface area contributed by atoms with Gasteiger partial charge in [0.15, 0.2) is 0 Å². The third-order valence-corrected chi connectivity index (χ3v) is 8.35. The van der Waals surface area contributed by atoms with Gasteiger partial charge in [-0.25, -0.2) is 0 Å². The number of para-hydroxylation sites is 1. The van der Waals surface area contributed by atoms with Gasteiger partial charge >= 0.3 is 0 Å². The number of likely N-dealkylation sites (N-methyl/N-ethyl adjacent to an activating group) is 1. The van der Waals surface area contributed by atoms with E-state index >= 15 is 0 Å². The first-order valence-electron chi connectivity index (χ1n) is 12.9. The average Bonchev–Trinajstić information content (AvgIpc) is 3.02. The predicted molar refractivity (Wildman–Crippen MR) is 153 cm³/mol. The molecule has 1 heteroatoms. The predicted octanol–water partition coefficient (Wildman–Crippen LogP) is 9.12. The highest BCUT2D eigenvalue weighted by molar-refractivity contribution is 5.70. The van der Waals surface area contributed by atoms with Gasteiger partial charge in [-0.05, 0) is 84.2 Å². The van der Waals surface area contributed by atoms with E-state index in [-0.39, 0.29) is 10.8 Å². The lowest BCUT2D eigenvalue weighted by atomic mass is 9.76. The van der Waals surface area contributed by atoms with Crippen LogP contribution in [0.15, 0.2) is 107 Å². The molecule has 0 amide bonds. The molecule has 0 saturated carbocycles. The van der Waals surface area contributed by atoms with Crippen molar-refractivity contribution in [3.63, 3.8) is 0 Å². The summed E-state index contributed by atoms with van der Waals surface area (Å²) < 4.78 is 0. The van der Waals surface area contributed by atoms with E-state index in [9.17, 15) is 0 Å². The van der Waals surface area contributed by atoms with Crippen molar-refractivity contribution in [2.75, 3.05) is 11.9 Å². The van der Waals surface area contributed by atoms with Gasteiger partial charge in [-0.15, -0.1) is 0 Å². The zero-order chi connectivity index (χ0) is 25.4. The molecule has 0 unspecified atom stereocenters. The van der Waals surface area contributed by atoms with Gasteiger partial charge in [0, 0.05) is 29.3 Å². The highest BCUT2D eigenvalue weighted by Gasteiger charge is 2.37. The molecule has 2 aromatic carbocycles. The summed E-state index contributed by atoms with van der Waals surface area (Å²) in [4.78, 5) is 2.35. The lowest BCUT2D eigenvalue weighted by molar-refractivity contribution is 0.636. The number of benzene rings is 2. The highest BCUT2D eigenvalue weighted by Crippen LogP contribution is 2.46. The summed E-state index contributed by atoms with van der Waals surface area (Å²) in [6.45, 7) is 18.2. The van der Waals surface area contributed by atoms with Crippen LogP contribution in [0.5, 0.6) is 0 Å². The molecule has 4 rings (SSSR count). The van der Waals surface area contributed by atoms with Gasteiger partial charge in [0.2, 0.25) is 0 Å². The summed E-state index contributed by atoms with van der Waals surface area (Å²) in [6, 6.07) is 17.4. The fourth-order valence-electron chi connectivity index (χ4n) is 5.81. The Hall–Kier alpha value is -3.06. The van der Waals surface area contributed by atoms with Gasteiger partial charge in [-0.1, -0.05) is 95.0 Å². The number of hydrogen-bond donors (Lipinski definition) is 0. The number of hydrogen-bond acceptors (Lipinski definition) is 1. The molecular formula is C34H41N. The Bertz CT molecular complexity index is 1260. The van der Waals surface area contributed by atoms with Crippen molar-refractivity contribution in [2.24, 2.45) is 0 Å². The molecule has 0 aromatic heterocycles. The van der Waals surface area contributed by atoms with Crippen LogP contribution in [0.3, 0.4) is 0 Å². The largest absolute Gasteiger partial charge is 0.347 e. The van der Waals surface area contributed by atoms with Gasteiger partial charge < -0.3 is 4.90 Å². The number of allylic oxidation sites excluding steroid dienone is 9. The van der Waals surface area contributed by atoms with E-state index in [0.29, 0.717) is 0 Å². The second-order valence-electron chi connectivity index (χ2n) is 11.2. The lowest BCUT2D eigenvalue weighted by Gasteiger charge is -2.28. The molecule has 1 aliphatic carbocycles. The summed E-state index contributed by atoms with van der Waals surface area (Å²) in [5, 5.41) is 0. The van der Waals surface area contributed by atoms with Gasteiger partial charge in [-0.2, -0.15) is 0 Å². The van der Waals surface area contributed by atoms with E-state index in [4.69, 9.17) is 0 Å². The summed E-state index contributed by atoms with van der Waals surface area (Å²) >= 11 is 0. The Morgan fingerprint density at radius 3 is 2.37 bits per heavy atom. The fourth-order valence-corrected chi connectivity index (χ4v) is 5.81. The maximum absolute atomic E-state index is 4.47. The molecule has 1 nitrogen and oxygen atoms in total. The minimum Gasteiger partial charge on any atom is -0.347 e. The third-order valence-electron chi connectivity index (χ3n) is 8.35. The minimum atomic E-state index is -0.0955. The summed E-state index contributed by atoms with van der Waals surface area (Å²) in [5.74, 6) is 0. The van der Waals surface area contributed by atoms with E-state index in [1.807, 2.05) is 0 Å². The lowest BCUT2D eigenvalue weighted by Crippen LogP contribution is -2.22. The zero-order valence-corrected chi connectivity index (χ0v) is 22.7. The number of aryl methyl sites for hydroxylation is 1. The second kappa shape index (κ2) is 9.53. The van der Waals surface area contributed by atoms with Crippen molar-refractivity contribution >= 4 is 5.69 Å². The molecular weight excluding hydrogens is 422 g/mol. The van der Waals surface area contributed by atoms with E-state index in [2.05, 4.69) is 133 Å². The summed E-state index contributed by atoms with van der Waals surface area (Å²) in [7, 11) is 2.19. The molecule has 1 aliphatic heterocycles. The Morgan fingerprint density at radius 1 is 0.971 bits per heavy atom. The van der Waals surface area contributed by atoms with Crippen molar-refractivity contribution < 1.29 is 0 Å². The Labute approximate surface area is 213 Å². The summed E-state index contributed by atoms with van der Waals surface area (Å²) in [6.07, 6.45) is 12.8. The topological polar surface area (TPSA) is 3.24 Å². The van der Waals surface area contributed by atoms with Gasteiger partial charge in [-0.3, -0.25) is 0 Å². The quantitative estimate of drug-likeness (QED) is 0.400. The second-order valence-corrected chi connectivity index (χ2v) is 11.2. The van der Waals surface area contributed by atoms with Crippen LogP contribution in [-0.4, -0.2) is 7.05 Å². The average molecular weight is 464 g/mol. The van der Waals surface area contributed by atoms with Crippen LogP contribution >= 0.6 is 0 Å². The van der Waals surface area contributed by atoms with Crippen molar-refractivity contribution in [3.05, 3.63) is 124 Å². The van der Waals surface area contributed by atoms with Crippen LogP contribution in [0.25, 0.3) is 0 Å². The van der Waals surface area contributed by atoms with Crippen LogP contribution in [0, 0.1) is 6.92 Å². The fraction of sp³-hybridized carbons (Fsp3) is 0.353. The Balaban J connectivity index is 1.59. The molecule has 182 valence electrons. The van der Waals surface area contributed by atoms with Gasteiger partial charge in [0.25, 0.3) is 0 Å². The SMILES string of the molecule is C=C(/C=C/C1=C(C)C(=C/C=C2/N(C)c3ccccc3C2(C)C)/CCC1)C(C)(C)c1ccccc1C. The summed E-state index contributed by atoms with van der Waals surface area (Å²) in [5.41, 5.74) is 12.1. The normalized spacial score (nSPS) is 20.3. The maximum atomic E-state index is 4.47. The van der Waals surface area contributed by atoms with E-state index in [1.54, 1.807) is 0 Å². The molecule has 0 N–H and O–H groups in total. The van der Waals surface area contributed by atoms with E-state index in [0.717, 1.165) is 18.4 Å². The molecule has 0 saturated heterocycles. The van der Waals surface area contributed by atoms with Crippen LogP contribution in [-0.2, 0) is 10.8 Å². The molecule has 0 radical (unpaired) electrons. The number of anilines is 1. The maximum Gasteiger partial charge on any atom is 0.0447 e. The van der Waals surface area contributed by atoms with Crippen LogP contribution in [0.2, 0.25) is 0 Å². The van der Waals surface area contributed by atoms with Crippen LogP contribution in [0.4, 0.5) is 5.69 Å². The number of fused-ring (bicyclic) bond motifs is 1. The van der Waals surface area contributed by atoms with Crippen molar-refractivity contribution in [1.29, 1.82) is 0 Å². The first-order chi connectivity index (χ1) is 16.5. The number of rotatable bonds is 5. The molecule has 0 spiro atoms. The van der Waals surface area contributed by atoms with Gasteiger partial charge in [0.05, 0.1) is 0 Å². The molecule has 35 heavy (non-hydrogen) atoms. The van der Waals surface area contributed by atoms with Crippen LogP contribution < -0.4 is 4.90 Å². The van der Waals surface area contributed by atoms with Crippen LogP contribution in [0.1, 0.15) is 70.6 Å². The first-order valence-corrected chi connectivity index (χ1v) is 12.9. The molecule has 0 fully saturated rings. The number of nitrogens with zero attached hydrogens (tertiary/aromatic N) is 1. The van der Waals surface area contributed by atoms with Crippen molar-refractivity contribution in [1.82, 2.24) is 0 Å². The highest BCUT2D eigenvalue weighted by atomic mass is 15.2. The smallest absolute Gasteiger partial charge is 0.0447 e. The third kappa shape index (κ3) is 4.61.